The van der Waals surface area contributed by atoms with E-state index >= 15 is 0 Å². The highest BCUT2D eigenvalue weighted by Gasteiger charge is 2.57. The third-order valence-corrected chi connectivity index (χ3v) is 25.8. The Morgan fingerprint density at radius 2 is 1.02 bits per heavy atom. The number of nitrogens with one attached hydrogen (secondary N) is 2. The van der Waals surface area contributed by atoms with Gasteiger partial charge in [-0.1, -0.05) is 69.7 Å². The van der Waals surface area contributed by atoms with Crippen LogP contribution < -0.4 is 21.0 Å². The Kier molecular flexibility index (Phi) is 8.91. The van der Waals surface area contributed by atoms with E-state index in [1.165, 1.54) is 45.2 Å². The summed E-state index contributed by atoms with van der Waals surface area (Å²) in [4.78, 5) is 0. The highest BCUT2D eigenvalue weighted by atomic mass is 31.1. The van der Waals surface area contributed by atoms with Crippen LogP contribution in [0.2, 0.25) is 39.3 Å². The Morgan fingerprint density at radius 1 is 0.625 bits per heavy atom. The second-order valence-corrected chi connectivity index (χ2v) is 35.0. The van der Waals surface area contributed by atoms with Gasteiger partial charge in [0.05, 0.1) is 16.1 Å². The lowest BCUT2D eigenvalue weighted by Crippen LogP contribution is -2.57. The topological polar surface area (TPSA) is 24.1 Å². The molecule has 8 bridgehead atoms. The largest absolute Gasteiger partial charge is 0.316 e. The summed E-state index contributed by atoms with van der Waals surface area (Å²) < 4.78 is 0. The Morgan fingerprint density at radius 3 is 1.38 bits per heavy atom. The number of hydrogen-bond donors (Lipinski definition) is 2. The van der Waals surface area contributed by atoms with Gasteiger partial charge in [0.15, 0.2) is 0 Å². The lowest BCUT2D eigenvalue weighted by atomic mass is 9.55. The molecule has 3 unspecified atom stereocenters. The van der Waals surface area contributed by atoms with Gasteiger partial charge in [-0.3, -0.25) is 0 Å². The number of hydrogen-bond acceptors (Lipinski definition) is 2. The summed E-state index contributed by atoms with van der Waals surface area (Å²) in [5, 5.41) is 11.6. The molecule has 8 saturated carbocycles. The smallest absolute Gasteiger partial charge is 0.0774 e. The Bertz CT molecular complexity index is 1250. The first-order valence-corrected chi connectivity index (χ1v) is 30.2. The van der Waals surface area contributed by atoms with E-state index in [4.69, 9.17) is 0 Å². The van der Waals surface area contributed by atoms with Gasteiger partial charge in [0.25, 0.3) is 0 Å². The van der Waals surface area contributed by atoms with Crippen molar-refractivity contribution in [3.63, 3.8) is 0 Å². The van der Waals surface area contributed by atoms with Crippen LogP contribution in [0.15, 0.2) is 12.1 Å². The first kappa shape index (κ1) is 34.2. The van der Waals surface area contributed by atoms with Crippen LogP contribution in [0.1, 0.15) is 88.2 Å². The Hall–Kier alpha value is 0.434. The van der Waals surface area contributed by atoms with Gasteiger partial charge in [0.2, 0.25) is 0 Å². The van der Waals surface area contributed by atoms with Crippen LogP contribution in [-0.4, -0.2) is 53.6 Å². The molecule has 1 aromatic carbocycles. The Balaban J connectivity index is 1.21. The molecule has 6 heteroatoms. The van der Waals surface area contributed by atoms with E-state index in [0.29, 0.717) is 0 Å². The minimum absolute atomic E-state index is 0.0242. The first-order valence-electron chi connectivity index (χ1n) is 21.0. The number of benzene rings is 1. The van der Waals surface area contributed by atoms with Gasteiger partial charge in [0, 0.05) is 5.16 Å². The van der Waals surface area contributed by atoms with Gasteiger partial charge in [-0.25, -0.2) is 0 Å². The van der Waals surface area contributed by atoms with Crippen molar-refractivity contribution in [2.24, 2.45) is 59.2 Å². The highest BCUT2D eigenvalue weighted by molar-refractivity contribution is 7.58. The summed E-state index contributed by atoms with van der Waals surface area (Å²) in [6.45, 7) is 20.8. The molecule has 11 rings (SSSR count). The molecule has 2 aliphatic heterocycles. The van der Waals surface area contributed by atoms with Crippen molar-refractivity contribution in [3.05, 3.63) is 23.3 Å². The molecule has 2 nitrogen and oxygen atoms in total. The third-order valence-electron chi connectivity index (χ3n) is 16.3. The second kappa shape index (κ2) is 12.5. The molecule has 8 aliphatic carbocycles. The van der Waals surface area contributed by atoms with Gasteiger partial charge >= 0.3 is 0 Å². The van der Waals surface area contributed by atoms with E-state index in [9.17, 15) is 0 Å². The molecule has 10 aliphatic rings. The van der Waals surface area contributed by atoms with E-state index in [1.807, 2.05) is 21.5 Å². The third kappa shape index (κ3) is 5.81. The maximum absolute atomic E-state index is 3.87. The molecule has 0 radical (unpaired) electrons. The van der Waals surface area contributed by atoms with Crippen LogP contribution in [0.4, 0.5) is 0 Å². The van der Waals surface area contributed by atoms with E-state index in [-0.39, 0.29) is 13.1 Å². The van der Waals surface area contributed by atoms with Gasteiger partial charge in [-0.2, -0.15) is 0 Å². The van der Waals surface area contributed by atoms with Crippen molar-refractivity contribution in [2.75, 3.05) is 26.2 Å². The van der Waals surface area contributed by atoms with Gasteiger partial charge in [-0.05, 0) is 191 Å². The zero-order valence-electron chi connectivity index (χ0n) is 31.6. The maximum Gasteiger partial charge on any atom is 0.0774 e. The summed E-state index contributed by atoms with van der Waals surface area (Å²) in [6.07, 6.45) is 20.2. The maximum atomic E-state index is 3.87. The van der Waals surface area contributed by atoms with Crippen LogP contribution in [0, 0.1) is 59.2 Å². The van der Waals surface area contributed by atoms with Crippen molar-refractivity contribution in [2.45, 2.75) is 139 Å². The van der Waals surface area contributed by atoms with E-state index in [2.05, 4.69) is 71.3 Å². The quantitative estimate of drug-likeness (QED) is 0.197. The molecule has 48 heavy (non-hydrogen) atoms. The average Bonchev–Trinajstić information content (AvgIpc) is 3.74. The second-order valence-electron chi connectivity index (χ2n) is 21.4. The molecule has 2 N–H and O–H groups in total. The lowest BCUT2D eigenvalue weighted by molar-refractivity contribution is 0.0129. The summed E-state index contributed by atoms with van der Waals surface area (Å²) in [7, 11) is 0.598. The molecule has 3 atom stereocenters. The molecular weight excluding hydrogens is 651 g/mol. The van der Waals surface area contributed by atoms with E-state index in [0.717, 1.165) is 70.5 Å². The van der Waals surface area contributed by atoms with Crippen molar-refractivity contribution >= 4 is 43.7 Å². The normalized spacial score (nSPS) is 43.6. The fourth-order valence-electron chi connectivity index (χ4n) is 14.8. The van der Waals surface area contributed by atoms with Crippen molar-refractivity contribution in [3.8, 4) is 0 Å². The predicted octanol–water partition coefficient (Wildman–Crippen LogP) is 8.70. The van der Waals surface area contributed by atoms with Crippen LogP contribution in [0.5, 0.6) is 0 Å². The monoisotopic (exact) mass is 720 g/mol. The molecule has 2 saturated heterocycles. The molecule has 0 amide bonds. The van der Waals surface area contributed by atoms with Crippen LogP contribution in [-0.2, 0) is 11.3 Å². The van der Waals surface area contributed by atoms with Gasteiger partial charge < -0.3 is 10.6 Å². The molecule has 0 spiro atoms. The zero-order chi connectivity index (χ0) is 33.2. The average molecular weight is 721 g/mol. The Labute approximate surface area is 300 Å². The number of rotatable bonds is 9. The molecular formula is C42H70N2P2Si2. The molecule has 266 valence electrons. The van der Waals surface area contributed by atoms with Crippen molar-refractivity contribution in [1.82, 2.24) is 10.6 Å². The summed E-state index contributed by atoms with van der Waals surface area (Å²) in [6, 6.07) is 5.94. The fraction of sp³-hybridized carbons (Fsp3) is 0.857. The minimum Gasteiger partial charge on any atom is -0.316 e. The van der Waals surface area contributed by atoms with E-state index in [1.54, 1.807) is 64.2 Å². The van der Waals surface area contributed by atoms with Gasteiger partial charge in [0.1, 0.15) is 0 Å². The summed E-state index contributed by atoms with van der Waals surface area (Å²) in [5.74, 6) is 10.1. The van der Waals surface area contributed by atoms with E-state index < -0.39 is 16.1 Å². The predicted molar refractivity (Wildman–Crippen MR) is 218 cm³/mol. The SMILES string of the molecule is C[Si](C)(C)c1cc(CP(C2C3CC4CC(C3)CC2C4)C2C3CC4CC(C3)CC2C4)c(C(P)(C2CCNC2)C2CCNC2)cc1[Si](C)(C)C. The van der Waals surface area contributed by atoms with Crippen LogP contribution in [0.3, 0.4) is 0 Å². The van der Waals surface area contributed by atoms with Crippen LogP contribution >= 0.6 is 17.2 Å². The summed E-state index contributed by atoms with van der Waals surface area (Å²) in [5.41, 5.74) is 5.89. The molecule has 10 fully saturated rings. The fourth-order valence-corrected chi connectivity index (χ4v) is 25.4. The lowest BCUT2D eigenvalue weighted by Gasteiger charge is -2.62. The van der Waals surface area contributed by atoms with Gasteiger partial charge in [-0.15, -0.1) is 9.24 Å². The molecule has 1 aromatic rings. The zero-order valence-corrected chi connectivity index (χ0v) is 35.7. The molecule has 2 heterocycles. The standard InChI is InChI=1S/C42H70N2P2Si2/c1-47(2,3)38-21-34(37(22-39(38)48(4,5)6)42(45,35-7-9-43-23-35)36-8-10-44-24-36)25-46(40-30-13-26-11-27(15-30)16-31(40)14-26)41-32-17-28-12-29(19-32)20-33(41)18-28/h21-22,26-33,35-36,40-41,43-44H,7-20,23-25,45H2,1-6H3. The van der Waals surface area contributed by atoms with Crippen molar-refractivity contribution < 1.29 is 0 Å². The van der Waals surface area contributed by atoms with Crippen LogP contribution in [0.25, 0.3) is 0 Å². The highest BCUT2D eigenvalue weighted by Crippen LogP contribution is 2.72. The summed E-state index contributed by atoms with van der Waals surface area (Å²) >= 11 is 0. The first-order chi connectivity index (χ1) is 22.9. The minimum atomic E-state index is -1.55. The van der Waals surface area contributed by atoms with Crippen molar-refractivity contribution in [1.29, 1.82) is 0 Å². The molecule has 0 aromatic heterocycles.